The quantitative estimate of drug-likeness (QED) is 0.197. The molecular weight excluding hydrogens is 424 g/mol. The summed E-state index contributed by atoms with van der Waals surface area (Å²) in [4.78, 5) is 24.3. The largest absolute Gasteiger partial charge is 0.481 e. The summed E-state index contributed by atoms with van der Waals surface area (Å²) in [7, 11) is 0. The van der Waals surface area contributed by atoms with E-state index in [0.717, 1.165) is 18.4 Å². The molecule has 2 N–H and O–H groups in total. The molecule has 0 spiro atoms. The summed E-state index contributed by atoms with van der Waals surface area (Å²) in [5.74, 6) is -2.64. The number of carboxylic acid groups (broad SMARTS) is 2. The van der Waals surface area contributed by atoms with Crippen LogP contribution in [0.25, 0.3) is 0 Å². The van der Waals surface area contributed by atoms with Crippen LogP contribution in [0.1, 0.15) is 140 Å². The van der Waals surface area contributed by atoms with Gasteiger partial charge in [0.25, 0.3) is 0 Å². The highest BCUT2D eigenvalue weighted by atomic mass is 16.4. The number of aliphatic carboxylic acids is 2. The van der Waals surface area contributed by atoms with Crippen molar-refractivity contribution < 1.29 is 19.8 Å². The van der Waals surface area contributed by atoms with Crippen LogP contribution in [-0.2, 0) is 16.0 Å². The van der Waals surface area contributed by atoms with Crippen LogP contribution in [0.3, 0.4) is 0 Å². The molecule has 1 rings (SSSR count). The molecule has 0 heterocycles. The molecular formula is C30H50O4. The highest BCUT2D eigenvalue weighted by Gasteiger charge is 2.30. The van der Waals surface area contributed by atoms with E-state index in [1.807, 2.05) is 45.9 Å². The predicted octanol–water partition coefficient (Wildman–Crippen LogP) is 8.58. The van der Waals surface area contributed by atoms with Crippen LogP contribution in [0.4, 0.5) is 0 Å². The van der Waals surface area contributed by atoms with Crippen molar-refractivity contribution in [3.63, 3.8) is 0 Å². The molecule has 194 valence electrons. The van der Waals surface area contributed by atoms with Gasteiger partial charge in [0.2, 0.25) is 0 Å². The normalized spacial score (nSPS) is 13.4. The number of unbranched alkanes of at least 4 members (excludes halogenated alkanes) is 9. The molecule has 0 bridgehead atoms. The predicted molar refractivity (Wildman–Crippen MR) is 142 cm³/mol. The zero-order chi connectivity index (χ0) is 25.5. The first kappa shape index (κ1) is 30.2. The second-order valence-electron chi connectivity index (χ2n) is 10.9. The third-order valence-electron chi connectivity index (χ3n) is 6.73. The summed E-state index contributed by atoms with van der Waals surface area (Å²) < 4.78 is 0. The third-order valence-corrected chi connectivity index (χ3v) is 6.73. The molecule has 2 unspecified atom stereocenters. The fourth-order valence-electron chi connectivity index (χ4n) is 4.88. The minimum Gasteiger partial charge on any atom is -0.481 e. The first-order valence-corrected chi connectivity index (χ1v) is 13.8. The van der Waals surface area contributed by atoms with Gasteiger partial charge in [0.05, 0.1) is 11.8 Å². The Morgan fingerprint density at radius 3 is 1.56 bits per heavy atom. The fourth-order valence-corrected chi connectivity index (χ4v) is 4.88. The maximum Gasteiger partial charge on any atom is 0.310 e. The number of hydrogen-bond donors (Lipinski definition) is 2. The van der Waals surface area contributed by atoms with Crippen molar-refractivity contribution in [2.24, 2.45) is 11.8 Å². The maximum atomic E-state index is 12.2. The molecule has 34 heavy (non-hydrogen) atoms. The maximum absolute atomic E-state index is 12.2. The van der Waals surface area contributed by atoms with E-state index in [0.29, 0.717) is 24.0 Å². The molecule has 4 heteroatoms. The van der Waals surface area contributed by atoms with Gasteiger partial charge in [0.1, 0.15) is 0 Å². The minimum absolute atomic E-state index is 0.216. The van der Waals surface area contributed by atoms with E-state index in [2.05, 4.69) is 6.92 Å². The summed E-state index contributed by atoms with van der Waals surface area (Å²) in [6.45, 7) is 10.3. The monoisotopic (exact) mass is 474 g/mol. The van der Waals surface area contributed by atoms with E-state index < -0.39 is 23.8 Å². The zero-order valence-electron chi connectivity index (χ0n) is 22.4. The van der Waals surface area contributed by atoms with Gasteiger partial charge in [-0.1, -0.05) is 111 Å². The lowest BCUT2D eigenvalue weighted by Crippen LogP contribution is -2.21. The average molecular weight is 475 g/mol. The van der Waals surface area contributed by atoms with Gasteiger partial charge >= 0.3 is 11.9 Å². The van der Waals surface area contributed by atoms with Crippen LogP contribution in [0.2, 0.25) is 0 Å². The van der Waals surface area contributed by atoms with Crippen LogP contribution < -0.4 is 0 Å². The van der Waals surface area contributed by atoms with Crippen LogP contribution >= 0.6 is 0 Å². The number of carboxylic acids is 2. The summed E-state index contributed by atoms with van der Waals surface area (Å²) >= 11 is 0. The lowest BCUT2D eigenvalue weighted by atomic mass is 9.80. The second kappa shape index (κ2) is 16.7. The van der Waals surface area contributed by atoms with Crippen molar-refractivity contribution in [2.75, 3.05) is 0 Å². The highest BCUT2D eigenvalue weighted by Crippen LogP contribution is 2.35. The topological polar surface area (TPSA) is 74.6 Å². The molecule has 0 aromatic heterocycles. The Bertz CT molecular complexity index is 723. The van der Waals surface area contributed by atoms with Gasteiger partial charge in [0.15, 0.2) is 0 Å². The first-order valence-electron chi connectivity index (χ1n) is 13.8. The SMILES string of the molecule is CCCCCCCCCCCCc1ccc(C(CC(C)C)C(=O)O)c(C(CC(C)C)C(=O)O)c1. The van der Waals surface area contributed by atoms with Gasteiger partial charge in [-0.15, -0.1) is 0 Å². The van der Waals surface area contributed by atoms with E-state index >= 15 is 0 Å². The third kappa shape index (κ3) is 11.5. The molecule has 0 aliphatic heterocycles. The van der Waals surface area contributed by atoms with E-state index in [-0.39, 0.29) is 11.8 Å². The molecule has 4 nitrogen and oxygen atoms in total. The van der Waals surface area contributed by atoms with E-state index in [4.69, 9.17) is 0 Å². The summed E-state index contributed by atoms with van der Waals surface area (Å²) in [5, 5.41) is 19.9. The molecule has 0 radical (unpaired) electrons. The molecule has 0 aliphatic rings. The standard InChI is InChI=1S/C30H50O4/c1-6-7-8-9-10-11-12-13-14-15-16-24-17-18-25(27(29(31)32)19-22(2)3)26(21-24)28(30(33)34)20-23(4)5/h17-18,21-23,27-28H,6-16,19-20H2,1-5H3,(H,31,32)(H,33,34). The van der Waals surface area contributed by atoms with E-state index in [9.17, 15) is 19.8 Å². The average Bonchev–Trinajstić information content (AvgIpc) is 2.76. The Morgan fingerprint density at radius 2 is 1.12 bits per heavy atom. The van der Waals surface area contributed by atoms with Crippen LogP contribution in [0.15, 0.2) is 18.2 Å². The van der Waals surface area contributed by atoms with Crippen molar-refractivity contribution in [3.05, 3.63) is 34.9 Å². The molecule has 2 atom stereocenters. The van der Waals surface area contributed by atoms with Crippen molar-refractivity contribution in [1.29, 1.82) is 0 Å². The van der Waals surface area contributed by atoms with Gasteiger partial charge in [-0.05, 0) is 54.2 Å². The van der Waals surface area contributed by atoms with E-state index in [1.54, 1.807) is 0 Å². The number of carbonyl (C=O) groups is 2. The number of rotatable bonds is 19. The Kier molecular flexibility index (Phi) is 14.9. The molecule has 0 fully saturated rings. The lowest BCUT2D eigenvalue weighted by Gasteiger charge is -2.24. The number of benzene rings is 1. The van der Waals surface area contributed by atoms with Crippen molar-refractivity contribution in [1.82, 2.24) is 0 Å². The summed E-state index contributed by atoms with van der Waals surface area (Å²) in [5.41, 5.74) is 2.52. The molecule has 0 amide bonds. The Labute approximate surface area is 208 Å². The Balaban J connectivity index is 2.88. The van der Waals surface area contributed by atoms with Crippen molar-refractivity contribution in [3.8, 4) is 0 Å². The second-order valence-corrected chi connectivity index (χ2v) is 10.9. The lowest BCUT2D eigenvalue weighted by molar-refractivity contribution is -0.140. The molecule has 0 saturated heterocycles. The number of aryl methyl sites for hydroxylation is 1. The van der Waals surface area contributed by atoms with Crippen molar-refractivity contribution in [2.45, 2.75) is 130 Å². The van der Waals surface area contributed by atoms with E-state index in [1.165, 1.54) is 57.8 Å². The first-order chi connectivity index (χ1) is 16.2. The number of hydrogen-bond acceptors (Lipinski definition) is 2. The summed E-state index contributed by atoms with van der Waals surface area (Å²) in [6, 6.07) is 5.93. The van der Waals surface area contributed by atoms with Crippen molar-refractivity contribution >= 4 is 11.9 Å². The van der Waals surface area contributed by atoms with Gasteiger partial charge in [-0.2, -0.15) is 0 Å². The molecule has 1 aromatic carbocycles. The van der Waals surface area contributed by atoms with Gasteiger partial charge < -0.3 is 10.2 Å². The highest BCUT2D eigenvalue weighted by molar-refractivity contribution is 5.80. The fraction of sp³-hybridized carbons (Fsp3) is 0.733. The minimum atomic E-state index is -0.869. The summed E-state index contributed by atoms with van der Waals surface area (Å²) in [6.07, 6.45) is 14.8. The van der Waals surface area contributed by atoms with Crippen LogP contribution in [-0.4, -0.2) is 22.2 Å². The zero-order valence-corrected chi connectivity index (χ0v) is 22.4. The molecule has 0 saturated carbocycles. The molecule has 1 aromatic rings. The Hall–Kier alpha value is -1.84. The van der Waals surface area contributed by atoms with Gasteiger partial charge in [-0.3, -0.25) is 9.59 Å². The van der Waals surface area contributed by atoms with Crippen LogP contribution in [0.5, 0.6) is 0 Å². The molecule has 0 aliphatic carbocycles. The smallest absolute Gasteiger partial charge is 0.310 e. The van der Waals surface area contributed by atoms with Crippen LogP contribution in [0, 0.1) is 11.8 Å². The van der Waals surface area contributed by atoms with Gasteiger partial charge in [-0.25, -0.2) is 0 Å². The Morgan fingerprint density at radius 1 is 0.676 bits per heavy atom. The van der Waals surface area contributed by atoms with Gasteiger partial charge in [0, 0.05) is 0 Å².